The third kappa shape index (κ3) is 3.06. The first-order valence-corrected chi connectivity index (χ1v) is 8.72. The minimum absolute atomic E-state index is 0.610. The van der Waals surface area contributed by atoms with Crippen LogP contribution >= 0.6 is 0 Å². The van der Waals surface area contributed by atoms with Gasteiger partial charge in [-0.25, -0.2) is 4.57 Å². The summed E-state index contributed by atoms with van der Waals surface area (Å²) in [6, 6.07) is 9.00. The van der Waals surface area contributed by atoms with Gasteiger partial charge in [-0.1, -0.05) is 25.5 Å². The lowest BCUT2D eigenvalue weighted by atomic mass is 9.94. The molecule has 0 saturated carbocycles. The van der Waals surface area contributed by atoms with Crippen LogP contribution in [0.3, 0.4) is 0 Å². The van der Waals surface area contributed by atoms with E-state index < -0.39 is 0 Å². The second-order valence-electron chi connectivity index (χ2n) is 7.39. The first-order valence-electron chi connectivity index (χ1n) is 8.72. The highest BCUT2D eigenvalue weighted by Gasteiger charge is 2.19. The molecule has 0 atom stereocenters. The SMILES string of the molecule is Cc1cc(C)c(C)c(-c2c3cc(CC(C)C)ncc3cc[n+]2C)c1. The zero-order valence-electron chi connectivity index (χ0n) is 15.6. The van der Waals surface area contributed by atoms with Crippen molar-refractivity contribution in [3.63, 3.8) is 0 Å². The van der Waals surface area contributed by atoms with Gasteiger partial charge in [0.15, 0.2) is 6.20 Å². The summed E-state index contributed by atoms with van der Waals surface area (Å²) in [7, 11) is 2.13. The minimum atomic E-state index is 0.610. The van der Waals surface area contributed by atoms with Gasteiger partial charge in [-0.2, -0.15) is 0 Å². The van der Waals surface area contributed by atoms with Gasteiger partial charge in [0.1, 0.15) is 7.05 Å². The maximum absolute atomic E-state index is 4.66. The number of hydrogen-bond donors (Lipinski definition) is 0. The Morgan fingerprint density at radius 1 is 1.08 bits per heavy atom. The molecule has 0 radical (unpaired) electrons. The van der Waals surface area contributed by atoms with E-state index in [1.165, 1.54) is 44.4 Å². The maximum atomic E-state index is 4.66. The van der Waals surface area contributed by atoms with Crippen molar-refractivity contribution in [2.75, 3.05) is 0 Å². The molecule has 3 aromatic rings. The van der Waals surface area contributed by atoms with Gasteiger partial charge in [-0.15, -0.1) is 0 Å². The molecule has 2 heteroatoms. The quantitative estimate of drug-likeness (QED) is 0.631. The fourth-order valence-corrected chi connectivity index (χ4v) is 3.45. The number of aromatic nitrogens is 2. The molecule has 1 aromatic carbocycles. The van der Waals surface area contributed by atoms with Crippen LogP contribution in [0.25, 0.3) is 22.0 Å². The molecule has 2 aromatic heterocycles. The molecule has 124 valence electrons. The largest absolute Gasteiger partial charge is 0.261 e. The van der Waals surface area contributed by atoms with Crippen LogP contribution in [0.4, 0.5) is 0 Å². The van der Waals surface area contributed by atoms with Crippen LogP contribution in [-0.4, -0.2) is 4.98 Å². The molecule has 0 amide bonds. The van der Waals surface area contributed by atoms with E-state index in [0.717, 1.165) is 6.42 Å². The number of benzene rings is 1. The van der Waals surface area contributed by atoms with Crippen molar-refractivity contribution in [2.24, 2.45) is 13.0 Å². The highest BCUT2D eigenvalue weighted by Crippen LogP contribution is 2.30. The Morgan fingerprint density at radius 2 is 1.83 bits per heavy atom. The summed E-state index contributed by atoms with van der Waals surface area (Å²) in [5.74, 6) is 0.610. The van der Waals surface area contributed by atoms with Gasteiger partial charge >= 0.3 is 0 Å². The first-order chi connectivity index (χ1) is 11.4. The zero-order valence-corrected chi connectivity index (χ0v) is 15.6. The van der Waals surface area contributed by atoms with Gasteiger partial charge in [0.25, 0.3) is 0 Å². The number of rotatable bonds is 3. The van der Waals surface area contributed by atoms with Crippen LogP contribution in [0, 0.1) is 26.7 Å². The molecule has 0 aliphatic heterocycles. The van der Waals surface area contributed by atoms with Gasteiger partial charge in [0, 0.05) is 23.3 Å². The maximum Gasteiger partial charge on any atom is 0.220 e. The Bertz CT molecular complexity index is 907. The Morgan fingerprint density at radius 3 is 2.54 bits per heavy atom. The van der Waals surface area contributed by atoms with E-state index in [4.69, 9.17) is 0 Å². The summed E-state index contributed by atoms with van der Waals surface area (Å²) >= 11 is 0. The van der Waals surface area contributed by atoms with Gasteiger partial charge in [0.2, 0.25) is 5.69 Å². The fraction of sp³-hybridized carbons (Fsp3) is 0.364. The van der Waals surface area contributed by atoms with E-state index in [1.54, 1.807) is 0 Å². The van der Waals surface area contributed by atoms with Crippen LogP contribution in [0.1, 0.15) is 36.2 Å². The van der Waals surface area contributed by atoms with Gasteiger partial charge in [-0.05, 0) is 56.4 Å². The number of pyridine rings is 2. The van der Waals surface area contributed by atoms with Crippen LogP contribution in [0.5, 0.6) is 0 Å². The van der Waals surface area contributed by atoms with Gasteiger partial charge < -0.3 is 0 Å². The van der Waals surface area contributed by atoms with E-state index in [0.29, 0.717) is 5.92 Å². The molecule has 24 heavy (non-hydrogen) atoms. The predicted octanol–water partition coefficient (Wildman–Crippen LogP) is 4.85. The lowest BCUT2D eigenvalue weighted by Crippen LogP contribution is -2.31. The van der Waals surface area contributed by atoms with Crippen molar-refractivity contribution in [2.45, 2.75) is 41.0 Å². The standard InChI is InChI=1S/C22H27N2/c1-14(2)9-19-12-21-18(13-23-19)7-8-24(6)22(21)20-11-15(3)10-16(4)17(20)5/h7-8,10-14H,9H2,1-6H3/q+1. The summed E-state index contributed by atoms with van der Waals surface area (Å²) in [6.07, 6.45) is 5.17. The zero-order chi connectivity index (χ0) is 17.4. The molecule has 2 heterocycles. The van der Waals surface area contributed by atoms with E-state index in [1.807, 2.05) is 6.20 Å². The van der Waals surface area contributed by atoms with E-state index in [-0.39, 0.29) is 0 Å². The highest BCUT2D eigenvalue weighted by atomic mass is 14.9. The molecule has 3 rings (SSSR count). The predicted molar refractivity (Wildman–Crippen MR) is 101 cm³/mol. The highest BCUT2D eigenvalue weighted by molar-refractivity contribution is 5.93. The summed E-state index contributed by atoms with van der Waals surface area (Å²) in [5.41, 5.74) is 7.78. The molecule has 0 spiro atoms. The van der Waals surface area contributed by atoms with Crippen molar-refractivity contribution >= 4 is 10.8 Å². The fourth-order valence-electron chi connectivity index (χ4n) is 3.45. The lowest BCUT2D eigenvalue weighted by molar-refractivity contribution is -0.659. The van der Waals surface area contributed by atoms with Crippen molar-refractivity contribution in [1.82, 2.24) is 4.98 Å². The number of aryl methyl sites for hydroxylation is 3. The van der Waals surface area contributed by atoms with Crippen LogP contribution in [-0.2, 0) is 13.5 Å². The minimum Gasteiger partial charge on any atom is -0.261 e. The smallest absolute Gasteiger partial charge is 0.220 e. The molecular weight excluding hydrogens is 292 g/mol. The Hall–Kier alpha value is -2.22. The molecule has 0 aliphatic rings. The molecule has 0 N–H and O–H groups in total. The molecule has 2 nitrogen and oxygen atoms in total. The Labute approximate surface area is 145 Å². The van der Waals surface area contributed by atoms with Crippen molar-refractivity contribution in [3.8, 4) is 11.3 Å². The van der Waals surface area contributed by atoms with Crippen LogP contribution in [0.15, 0.2) is 36.7 Å². The van der Waals surface area contributed by atoms with Crippen LogP contribution < -0.4 is 4.57 Å². The summed E-state index contributed by atoms with van der Waals surface area (Å²) in [6.45, 7) is 11.1. The van der Waals surface area contributed by atoms with E-state index >= 15 is 0 Å². The van der Waals surface area contributed by atoms with E-state index in [2.05, 4.69) is 81.7 Å². The van der Waals surface area contributed by atoms with Crippen molar-refractivity contribution in [3.05, 3.63) is 59.0 Å². The third-order valence-electron chi connectivity index (χ3n) is 4.76. The molecule has 0 aliphatic carbocycles. The topological polar surface area (TPSA) is 16.8 Å². The van der Waals surface area contributed by atoms with Crippen LogP contribution in [0.2, 0.25) is 0 Å². The first kappa shape index (κ1) is 16.6. The Balaban J connectivity index is 2.32. The molecule has 0 saturated heterocycles. The van der Waals surface area contributed by atoms with Gasteiger partial charge in [-0.3, -0.25) is 4.98 Å². The number of fused-ring (bicyclic) bond motifs is 1. The number of hydrogen-bond acceptors (Lipinski definition) is 1. The van der Waals surface area contributed by atoms with Crippen molar-refractivity contribution in [1.29, 1.82) is 0 Å². The normalized spacial score (nSPS) is 11.5. The second kappa shape index (κ2) is 6.35. The summed E-state index contributed by atoms with van der Waals surface area (Å²) in [5, 5.41) is 2.49. The summed E-state index contributed by atoms with van der Waals surface area (Å²) in [4.78, 5) is 4.66. The summed E-state index contributed by atoms with van der Waals surface area (Å²) < 4.78 is 2.24. The average Bonchev–Trinajstić information content (AvgIpc) is 2.50. The molecular formula is C22H27N2+. The molecule has 0 bridgehead atoms. The second-order valence-corrected chi connectivity index (χ2v) is 7.39. The average molecular weight is 319 g/mol. The monoisotopic (exact) mass is 319 g/mol. The lowest BCUT2D eigenvalue weighted by Gasteiger charge is -2.12. The Kier molecular flexibility index (Phi) is 4.40. The van der Waals surface area contributed by atoms with E-state index in [9.17, 15) is 0 Å². The van der Waals surface area contributed by atoms with Crippen molar-refractivity contribution < 1.29 is 4.57 Å². The molecule has 0 fully saturated rings. The van der Waals surface area contributed by atoms with Gasteiger partial charge in [0.05, 0.1) is 10.9 Å². The molecule has 0 unspecified atom stereocenters. The number of nitrogens with zero attached hydrogens (tertiary/aromatic N) is 2. The third-order valence-corrected chi connectivity index (χ3v) is 4.76.